The van der Waals surface area contributed by atoms with Gasteiger partial charge in [-0.3, -0.25) is 4.79 Å². The van der Waals surface area contributed by atoms with Crippen LogP contribution in [0.4, 0.5) is 5.69 Å². The molecule has 1 heterocycles. The summed E-state index contributed by atoms with van der Waals surface area (Å²) in [5.41, 5.74) is 2.20. The van der Waals surface area contributed by atoms with E-state index in [-0.39, 0.29) is 23.7 Å². The van der Waals surface area contributed by atoms with Crippen LogP contribution in [-0.4, -0.2) is 36.1 Å². The minimum atomic E-state index is -0.257. The van der Waals surface area contributed by atoms with E-state index in [2.05, 4.69) is 12.2 Å². The van der Waals surface area contributed by atoms with Crippen LogP contribution >= 0.6 is 0 Å². The van der Waals surface area contributed by atoms with E-state index < -0.39 is 0 Å². The van der Waals surface area contributed by atoms with Gasteiger partial charge in [-0.1, -0.05) is 19.1 Å². The smallest absolute Gasteiger partial charge is 0.266 e. The van der Waals surface area contributed by atoms with Crippen molar-refractivity contribution in [2.75, 3.05) is 18.4 Å². The van der Waals surface area contributed by atoms with Gasteiger partial charge < -0.3 is 15.0 Å². The predicted molar refractivity (Wildman–Crippen MR) is 89.7 cm³/mol. The van der Waals surface area contributed by atoms with Crippen LogP contribution in [-0.2, 0) is 16.0 Å². The molecule has 1 saturated heterocycles. The highest BCUT2D eigenvalue weighted by molar-refractivity contribution is 5.97. The molecule has 23 heavy (non-hydrogen) atoms. The topological polar surface area (TPSA) is 65.4 Å². The molecule has 2 unspecified atom stereocenters. The van der Waals surface area contributed by atoms with Gasteiger partial charge in [-0.25, -0.2) is 0 Å². The fraction of sp³-hybridized carbons (Fsp3) is 0.444. The maximum Gasteiger partial charge on any atom is 0.266 e. The summed E-state index contributed by atoms with van der Waals surface area (Å²) < 4.78 is 5.62. The third-order valence-electron chi connectivity index (χ3n) is 3.80. The molecule has 2 rings (SSSR count). The van der Waals surface area contributed by atoms with E-state index in [9.17, 15) is 10.1 Å². The number of hydrogen-bond acceptors (Lipinski definition) is 4. The Morgan fingerprint density at radius 1 is 1.35 bits per heavy atom. The van der Waals surface area contributed by atoms with Crippen molar-refractivity contribution < 1.29 is 9.53 Å². The Morgan fingerprint density at radius 2 is 1.96 bits per heavy atom. The van der Waals surface area contributed by atoms with Crippen LogP contribution in [0.2, 0.25) is 0 Å². The van der Waals surface area contributed by atoms with E-state index in [1.165, 1.54) is 11.8 Å². The maximum absolute atomic E-state index is 12.5. The van der Waals surface area contributed by atoms with Crippen molar-refractivity contribution in [3.05, 3.63) is 41.6 Å². The van der Waals surface area contributed by atoms with E-state index in [1.807, 2.05) is 44.2 Å². The van der Waals surface area contributed by atoms with Crippen molar-refractivity contribution in [2.45, 2.75) is 39.4 Å². The summed E-state index contributed by atoms with van der Waals surface area (Å²) in [4.78, 5) is 14.2. The molecule has 122 valence electrons. The van der Waals surface area contributed by atoms with Gasteiger partial charge in [0, 0.05) is 25.0 Å². The third-order valence-corrected chi connectivity index (χ3v) is 3.80. The monoisotopic (exact) mass is 313 g/mol. The molecule has 1 amide bonds. The van der Waals surface area contributed by atoms with E-state index in [1.54, 1.807) is 4.90 Å². The van der Waals surface area contributed by atoms with E-state index in [0.29, 0.717) is 13.1 Å². The normalized spacial score (nSPS) is 21.7. The quantitative estimate of drug-likeness (QED) is 0.685. The fourth-order valence-electron chi connectivity index (χ4n) is 2.65. The molecule has 5 heteroatoms. The molecule has 0 radical (unpaired) electrons. The van der Waals surface area contributed by atoms with E-state index in [0.717, 1.165) is 12.1 Å². The summed E-state index contributed by atoms with van der Waals surface area (Å²) in [6.45, 7) is 6.97. The minimum Gasteiger partial charge on any atom is -0.372 e. The lowest BCUT2D eigenvalue weighted by molar-refractivity contribution is -0.138. The van der Waals surface area contributed by atoms with Gasteiger partial charge in [0.05, 0.1) is 12.2 Å². The fourth-order valence-corrected chi connectivity index (χ4v) is 2.65. The molecule has 1 aromatic carbocycles. The van der Waals surface area contributed by atoms with Gasteiger partial charge in [0.2, 0.25) is 0 Å². The number of nitriles is 1. The van der Waals surface area contributed by atoms with E-state index >= 15 is 0 Å². The first-order valence-corrected chi connectivity index (χ1v) is 7.94. The predicted octanol–water partition coefficient (Wildman–Crippen LogP) is 2.70. The molecule has 1 aliphatic heterocycles. The number of anilines is 1. The molecule has 1 aliphatic rings. The molecule has 0 spiro atoms. The van der Waals surface area contributed by atoms with Gasteiger partial charge in [-0.15, -0.1) is 0 Å². The molecular weight excluding hydrogens is 290 g/mol. The second-order valence-corrected chi connectivity index (χ2v) is 5.83. The molecule has 1 N–H and O–H groups in total. The van der Waals surface area contributed by atoms with Gasteiger partial charge in [0.1, 0.15) is 11.6 Å². The summed E-state index contributed by atoms with van der Waals surface area (Å²) >= 11 is 0. The number of amides is 1. The van der Waals surface area contributed by atoms with Crippen LogP contribution in [0.3, 0.4) is 0 Å². The zero-order chi connectivity index (χ0) is 16.8. The van der Waals surface area contributed by atoms with Crippen LogP contribution in [0, 0.1) is 11.3 Å². The summed E-state index contributed by atoms with van der Waals surface area (Å²) in [5.74, 6) is -0.257. The summed E-state index contributed by atoms with van der Waals surface area (Å²) in [6, 6.07) is 9.91. The number of ether oxygens (including phenoxy) is 1. The molecule has 0 aliphatic carbocycles. The number of nitrogens with one attached hydrogen (secondary N) is 1. The van der Waals surface area contributed by atoms with Gasteiger partial charge in [0.25, 0.3) is 5.91 Å². The number of morpholine rings is 1. The highest BCUT2D eigenvalue weighted by atomic mass is 16.5. The molecule has 2 atom stereocenters. The lowest BCUT2D eigenvalue weighted by Crippen LogP contribution is -2.48. The second-order valence-electron chi connectivity index (χ2n) is 5.83. The second kappa shape index (κ2) is 7.80. The Bertz CT molecular complexity index is 606. The summed E-state index contributed by atoms with van der Waals surface area (Å²) in [6.07, 6.45) is 2.42. The Kier molecular flexibility index (Phi) is 5.78. The summed E-state index contributed by atoms with van der Waals surface area (Å²) in [7, 11) is 0. The highest BCUT2D eigenvalue weighted by Crippen LogP contribution is 2.14. The van der Waals surface area contributed by atoms with Crippen molar-refractivity contribution in [3.8, 4) is 6.07 Å². The zero-order valence-corrected chi connectivity index (χ0v) is 13.9. The number of nitrogens with zero attached hydrogens (tertiary/aromatic N) is 2. The van der Waals surface area contributed by atoms with Crippen molar-refractivity contribution in [2.24, 2.45) is 0 Å². The number of hydrogen-bond donors (Lipinski definition) is 1. The highest BCUT2D eigenvalue weighted by Gasteiger charge is 2.27. The van der Waals surface area contributed by atoms with Crippen molar-refractivity contribution in [1.82, 2.24) is 4.90 Å². The number of carbonyl (C=O) groups is 1. The Labute approximate surface area is 137 Å². The van der Waals surface area contributed by atoms with Crippen LogP contribution in [0.25, 0.3) is 0 Å². The molecule has 0 saturated carbocycles. The first-order valence-electron chi connectivity index (χ1n) is 7.94. The van der Waals surface area contributed by atoms with Gasteiger partial charge in [0.15, 0.2) is 0 Å². The van der Waals surface area contributed by atoms with Crippen LogP contribution in [0.1, 0.15) is 26.3 Å². The van der Waals surface area contributed by atoms with Crippen LogP contribution in [0.15, 0.2) is 36.0 Å². The van der Waals surface area contributed by atoms with Gasteiger partial charge in [-0.05, 0) is 38.0 Å². The Balaban J connectivity index is 2.05. The van der Waals surface area contributed by atoms with Gasteiger partial charge in [-0.2, -0.15) is 5.26 Å². The minimum absolute atomic E-state index is 0.0165. The average molecular weight is 313 g/mol. The summed E-state index contributed by atoms with van der Waals surface area (Å²) in [5, 5.41) is 12.3. The molecule has 0 aromatic heterocycles. The first-order chi connectivity index (χ1) is 11.0. The number of rotatable bonds is 4. The van der Waals surface area contributed by atoms with Crippen molar-refractivity contribution in [1.29, 1.82) is 5.26 Å². The Hall–Kier alpha value is -2.32. The van der Waals surface area contributed by atoms with Crippen molar-refractivity contribution >= 4 is 11.6 Å². The standard InChI is InChI=1S/C18H23N3O2/c1-4-15-5-7-17(8-6-15)20-10-16(9-19)18(22)21-11-13(2)23-14(3)12-21/h5-8,10,13-14,20H,4,11-12H2,1-3H3/b16-10-. The molecule has 1 fully saturated rings. The lowest BCUT2D eigenvalue weighted by atomic mass is 10.1. The Morgan fingerprint density at radius 3 is 2.48 bits per heavy atom. The van der Waals surface area contributed by atoms with Crippen LogP contribution < -0.4 is 5.32 Å². The zero-order valence-electron chi connectivity index (χ0n) is 13.9. The molecule has 1 aromatic rings. The molecule has 5 nitrogen and oxygen atoms in total. The number of aryl methyl sites for hydroxylation is 1. The molecule has 0 bridgehead atoms. The van der Waals surface area contributed by atoms with Gasteiger partial charge >= 0.3 is 0 Å². The number of benzene rings is 1. The van der Waals surface area contributed by atoms with E-state index in [4.69, 9.17) is 4.74 Å². The maximum atomic E-state index is 12.5. The lowest BCUT2D eigenvalue weighted by Gasteiger charge is -2.35. The first kappa shape index (κ1) is 17.0. The SMILES string of the molecule is CCc1ccc(N/C=C(/C#N)C(=O)N2CC(C)OC(C)C2)cc1. The number of carbonyl (C=O) groups excluding carboxylic acids is 1. The molecular formula is C18H23N3O2. The third kappa shape index (κ3) is 4.57. The van der Waals surface area contributed by atoms with Crippen LogP contribution in [0.5, 0.6) is 0 Å². The van der Waals surface area contributed by atoms with Crippen molar-refractivity contribution in [3.63, 3.8) is 0 Å². The average Bonchev–Trinajstić information content (AvgIpc) is 2.55. The largest absolute Gasteiger partial charge is 0.372 e.